The molecule has 0 unspecified atom stereocenters. The highest BCUT2D eigenvalue weighted by atomic mass is 32.1. The first kappa shape index (κ1) is 21.7. The molecule has 0 saturated heterocycles. The SMILES string of the molecule is C=C1OC(c2ccc(-c3nc4cc(C)c(OC)cc4c(=O)o3)s2)=Nc2cc(OC)c(OC)cc21. The van der Waals surface area contributed by atoms with Crippen LogP contribution in [0, 0.1) is 6.92 Å². The van der Waals surface area contributed by atoms with Crippen molar-refractivity contribution in [1.29, 1.82) is 0 Å². The van der Waals surface area contributed by atoms with Crippen LogP contribution in [-0.2, 0) is 4.74 Å². The van der Waals surface area contributed by atoms with Crippen LogP contribution in [0.3, 0.4) is 0 Å². The molecule has 0 aliphatic carbocycles. The van der Waals surface area contributed by atoms with Crippen molar-refractivity contribution in [2.45, 2.75) is 6.92 Å². The maximum Gasteiger partial charge on any atom is 0.347 e. The Hall–Kier alpha value is -4.11. The van der Waals surface area contributed by atoms with Crippen LogP contribution in [0.25, 0.3) is 27.4 Å². The van der Waals surface area contributed by atoms with Gasteiger partial charge in [0, 0.05) is 11.6 Å². The Balaban J connectivity index is 1.55. The lowest BCUT2D eigenvalue weighted by Gasteiger charge is -2.19. The van der Waals surface area contributed by atoms with Crippen molar-refractivity contribution in [1.82, 2.24) is 4.98 Å². The van der Waals surface area contributed by atoms with Crippen LogP contribution in [0.15, 0.2) is 57.2 Å². The summed E-state index contributed by atoms with van der Waals surface area (Å²) in [6, 6.07) is 10.7. The van der Waals surface area contributed by atoms with Gasteiger partial charge in [-0.05, 0) is 42.8 Å². The molecule has 0 bridgehead atoms. The summed E-state index contributed by atoms with van der Waals surface area (Å²) in [5.74, 6) is 2.77. The Bertz CT molecular complexity index is 1550. The van der Waals surface area contributed by atoms with Gasteiger partial charge in [0.15, 0.2) is 11.5 Å². The van der Waals surface area contributed by atoms with Gasteiger partial charge in [0.25, 0.3) is 0 Å². The van der Waals surface area contributed by atoms with Gasteiger partial charge in [0.2, 0.25) is 11.8 Å². The van der Waals surface area contributed by atoms with Gasteiger partial charge in [-0.1, -0.05) is 6.58 Å². The quantitative estimate of drug-likeness (QED) is 0.384. The lowest BCUT2D eigenvalue weighted by molar-refractivity contribution is 0.354. The van der Waals surface area contributed by atoms with E-state index in [1.807, 2.05) is 19.1 Å². The fraction of sp³-hybridized carbons (Fsp3) is 0.160. The van der Waals surface area contributed by atoms with Gasteiger partial charge in [-0.2, -0.15) is 0 Å². The van der Waals surface area contributed by atoms with Crippen LogP contribution in [0.5, 0.6) is 17.2 Å². The molecule has 5 rings (SSSR count). The van der Waals surface area contributed by atoms with E-state index in [0.717, 1.165) is 10.4 Å². The minimum Gasteiger partial charge on any atom is -0.496 e. The van der Waals surface area contributed by atoms with E-state index in [1.165, 1.54) is 11.3 Å². The standard InChI is InChI=1S/C25H20N2O6S/c1-12-8-16-15(10-18(12)29-3)25(28)33-24(26-16)22-7-6-21(34-22)23-27-17-11-20(31-5)19(30-4)9-14(17)13(2)32-23/h6-11H,2H2,1,3-5H3. The summed E-state index contributed by atoms with van der Waals surface area (Å²) < 4.78 is 27.5. The third-order valence-corrected chi connectivity index (χ3v) is 6.48. The summed E-state index contributed by atoms with van der Waals surface area (Å²) in [6.45, 7) is 5.91. The maximum atomic E-state index is 12.6. The van der Waals surface area contributed by atoms with E-state index < -0.39 is 5.63 Å². The van der Waals surface area contributed by atoms with E-state index in [2.05, 4.69) is 16.6 Å². The fourth-order valence-electron chi connectivity index (χ4n) is 3.69. The van der Waals surface area contributed by atoms with E-state index in [0.29, 0.717) is 55.9 Å². The Morgan fingerprint density at radius 3 is 2.38 bits per heavy atom. The van der Waals surface area contributed by atoms with Gasteiger partial charge in [0.05, 0.1) is 47.7 Å². The predicted octanol–water partition coefficient (Wildman–Crippen LogP) is 5.33. The second kappa shape index (κ2) is 8.35. The van der Waals surface area contributed by atoms with E-state index in [4.69, 9.17) is 23.4 Å². The van der Waals surface area contributed by atoms with Crippen LogP contribution in [-0.4, -0.2) is 32.2 Å². The summed E-state index contributed by atoms with van der Waals surface area (Å²) in [7, 11) is 4.69. The summed E-state index contributed by atoms with van der Waals surface area (Å²) in [6.07, 6.45) is 0. The van der Waals surface area contributed by atoms with Gasteiger partial charge >= 0.3 is 5.63 Å². The van der Waals surface area contributed by atoms with Crippen molar-refractivity contribution in [2.75, 3.05) is 21.3 Å². The van der Waals surface area contributed by atoms with Crippen LogP contribution in [0.1, 0.15) is 16.0 Å². The molecule has 9 heteroatoms. The molecule has 4 aromatic rings. The molecule has 0 atom stereocenters. The second-order valence-corrected chi connectivity index (χ2v) is 8.56. The zero-order chi connectivity index (χ0) is 24.0. The molecule has 0 amide bonds. The molecule has 2 aromatic carbocycles. The third kappa shape index (κ3) is 3.60. The molecule has 34 heavy (non-hydrogen) atoms. The lowest BCUT2D eigenvalue weighted by Crippen LogP contribution is -2.09. The number of fused-ring (bicyclic) bond motifs is 2. The van der Waals surface area contributed by atoms with E-state index >= 15 is 0 Å². The number of benzene rings is 2. The zero-order valence-corrected chi connectivity index (χ0v) is 19.7. The van der Waals surface area contributed by atoms with Crippen LogP contribution in [0.2, 0.25) is 0 Å². The van der Waals surface area contributed by atoms with Gasteiger partial charge in [-0.3, -0.25) is 0 Å². The van der Waals surface area contributed by atoms with Crippen molar-refractivity contribution < 1.29 is 23.4 Å². The first-order valence-electron chi connectivity index (χ1n) is 10.2. The summed E-state index contributed by atoms with van der Waals surface area (Å²) in [5.41, 5.74) is 2.29. The van der Waals surface area contributed by atoms with Crippen molar-refractivity contribution in [3.05, 3.63) is 69.4 Å². The van der Waals surface area contributed by atoms with Crippen LogP contribution in [0.4, 0.5) is 5.69 Å². The summed E-state index contributed by atoms with van der Waals surface area (Å²) >= 11 is 1.34. The Labute approximate surface area is 198 Å². The predicted molar refractivity (Wildman–Crippen MR) is 131 cm³/mol. The second-order valence-electron chi connectivity index (χ2n) is 7.48. The molecule has 0 saturated carbocycles. The number of hydrogen-bond donors (Lipinski definition) is 0. The Morgan fingerprint density at radius 1 is 0.941 bits per heavy atom. The molecular formula is C25H20N2O6S. The normalized spacial score (nSPS) is 12.7. The van der Waals surface area contributed by atoms with E-state index in [1.54, 1.807) is 45.6 Å². The van der Waals surface area contributed by atoms with Crippen molar-refractivity contribution in [3.8, 4) is 28.0 Å². The zero-order valence-electron chi connectivity index (χ0n) is 18.9. The number of nitrogens with zero attached hydrogens (tertiary/aromatic N) is 2. The molecule has 0 N–H and O–H groups in total. The number of ether oxygens (including phenoxy) is 4. The van der Waals surface area contributed by atoms with Crippen LogP contribution >= 0.6 is 11.3 Å². The molecule has 172 valence electrons. The minimum absolute atomic E-state index is 0.223. The first-order chi connectivity index (χ1) is 16.4. The topological polar surface area (TPSA) is 92.4 Å². The Kier molecular flexibility index (Phi) is 5.33. The third-order valence-electron chi connectivity index (χ3n) is 5.42. The maximum absolute atomic E-state index is 12.6. The van der Waals surface area contributed by atoms with Crippen molar-refractivity contribution in [3.63, 3.8) is 0 Å². The number of rotatable bonds is 5. The Morgan fingerprint density at radius 2 is 1.65 bits per heavy atom. The molecule has 8 nitrogen and oxygen atoms in total. The highest BCUT2D eigenvalue weighted by molar-refractivity contribution is 7.17. The van der Waals surface area contributed by atoms with Gasteiger partial charge in [-0.25, -0.2) is 14.8 Å². The lowest BCUT2D eigenvalue weighted by atomic mass is 10.1. The fourth-order valence-corrected chi connectivity index (χ4v) is 4.55. The molecule has 0 spiro atoms. The first-order valence-corrected chi connectivity index (χ1v) is 11.1. The van der Waals surface area contributed by atoms with Crippen molar-refractivity contribution >= 4 is 39.6 Å². The number of methoxy groups -OCH3 is 3. The largest absolute Gasteiger partial charge is 0.496 e. The highest BCUT2D eigenvalue weighted by Gasteiger charge is 2.23. The molecule has 3 heterocycles. The van der Waals surface area contributed by atoms with Gasteiger partial charge < -0.3 is 23.4 Å². The number of aliphatic imine (C=N–C) groups is 1. The molecule has 1 aliphatic heterocycles. The smallest absolute Gasteiger partial charge is 0.347 e. The van der Waals surface area contributed by atoms with Gasteiger partial charge in [-0.15, -0.1) is 11.3 Å². The van der Waals surface area contributed by atoms with E-state index in [9.17, 15) is 4.79 Å². The van der Waals surface area contributed by atoms with Crippen molar-refractivity contribution in [2.24, 2.45) is 4.99 Å². The molecular weight excluding hydrogens is 456 g/mol. The monoisotopic (exact) mass is 476 g/mol. The summed E-state index contributed by atoms with van der Waals surface area (Å²) in [5, 5.41) is 0.361. The molecule has 0 radical (unpaired) electrons. The number of aryl methyl sites for hydroxylation is 1. The molecule has 0 fully saturated rings. The van der Waals surface area contributed by atoms with Crippen LogP contribution < -0.4 is 19.8 Å². The van der Waals surface area contributed by atoms with E-state index in [-0.39, 0.29) is 5.89 Å². The summed E-state index contributed by atoms with van der Waals surface area (Å²) in [4.78, 5) is 23.2. The highest BCUT2D eigenvalue weighted by Crippen LogP contribution is 2.41. The minimum atomic E-state index is -0.483. The molecule has 2 aromatic heterocycles. The average molecular weight is 477 g/mol. The average Bonchev–Trinajstić information content (AvgIpc) is 3.33. The van der Waals surface area contributed by atoms with Gasteiger partial charge in [0.1, 0.15) is 11.5 Å². The number of thiophene rings is 1. The molecule has 1 aliphatic rings. The number of hydrogen-bond acceptors (Lipinski definition) is 9. The number of aromatic nitrogens is 1.